The normalized spacial score (nSPS) is 11.9. The van der Waals surface area contributed by atoms with E-state index in [2.05, 4.69) is 35.5 Å². The zero-order valence-corrected chi connectivity index (χ0v) is 25.2. The van der Waals surface area contributed by atoms with E-state index in [-0.39, 0.29) is 11.7 Å². The molecular weight excluding hydrogens is 559 g/mol. The van der Waals surface area contributed by atoms with E-state index in [0.717, 1.165) is 45.4 Å². The van der Waals surface area contributed by atoms with Crippen LogP contribution in [0, 0.1) is 11.2 Å². The van der Waals surface area contributed by atoms with Crippen molar-refractivity contribution in [3.8, 4) is 39.4 Å². The lowest BCUT2D eigenvalue weighted by Gasteiger charge is -2.17. The molecule has 6 rings (SSSR count). The van der Waals surface area contributed by atoms with Gasteiger partial charge >= 0.3 is 0 Å². The van der Waals surface area contributed by atoms with Gasteiger partial charge in [0.1, 0.15) is 23.8 Å². The van der Waals surface area contributed by atoms with Gasteiger partial charge in [0.25, 0.3) is 0 Å². The van der Waals surface area contributed by atoms with Crippen LogP contribution in [0.1, 0.15) is 20.8 Å². The molecule has 0 aliphatic heterocycles. The number of amides is 1. The average molecular weight is 593 g/mol. The first-order chi connectivity index (χ1) is 21.0. The van der Waals surface area contributed by atoms with Crippen LogP contribution in [0.15, 0.2) is 67.3 Å². The average Bonchev–Trinajstić information content (AvgIpc) is 3.60. The number of anilines is 1. The fourth-order valence-corrected chi connectivity index (χ4v) is 4.81. The monoisotopic (exact) mass is 592 g/mol. The number of nitrogens with zero attached hydrogens (tertiary/aromatic N) is 5. The molecule has 6 aromatic rings. The number of fused-ring (bicyclic) bond motifs is 2. The minimum absolute atomic E-state index is 0.0970. The van der Waals surface area contributed by atoms with Crippen molar-refractivity contribution in [1.29, 1.82) is 0 Å². The molecule has 44 heavy (non-hydrogen) atoms. The zero-order valence-electron chi connectivity index (χ0n) is 25.2. The van der Waals surface area contributed by atoms with Gasteiger partial charge in [0.05, 0.1) is 23.3 Å². The highest BCUT2D eigenvalue weighted by atomic mass is 19.1. The Balaban J connectivity index is 1.35. The molecule has 11 heteroatoms. The van der Waals surface area contributed by atoms with Crippen molar-refractivity contribution >= 4 is 33.7 Å². The van der Waals surface area contributed by atoms with E-state index in [9.17, 15) is 9.18 Å². The Kier molecular flexibility index (Phi) is 7.56. The van der Waals surface area contributed by atoms with Crippen LogP contribution in [0.3, 0.4) is 0 Å². The predicted molar refractivity (Wildman–Crippen MR) is 170 cm³/mol. The Hall–Kier alpha value is -5.16. The van der Waals surface area contributed by atoms with E-state index in [4.69, 9.17) is 4.74 Å². The highest BCUT2D eigenvalue weighted by Gasteiger charge is 2.21. The number of likely N-dealkylation sites (N-methyl/N-ethyl adjacent to an activating group) is 1. The number of aromatic nitrogens is 6. The fourth-order valence-electron chi connectivity index (χ4n) is 4.81. The van der Waals surface area contributed by atoms with Gasteiger partial charge in [-0.3, -0.25) is 14.9 Å². The maximum absolute atomic E-state index is 14.7. The van der Waals surface area contributed by atoms with Crippen molar-refractivity contribution in [2.75, 3.05) is 32.6 Å². The summed E-state index contributed by atoms with van der Waals surface area (Å²) in [5.74, 6) is -0.00436. The van der Waals surface area contributed by atoms with Gasteiger partial charge in [-0.15, -0.1) is 0 Å². The second-order valence-corrected chi connectivity index (χ2v) is 12.0. The smallest absolute Gasteiger partial charge is 0.229 e. The van der Waals surface area contributed by atoms with Crippen LogP contribution in [-0.2, 0) is 4.79 Å². The highest BCUT2D eigenvalue weighted by molar-refractivity contribution is 6.00. The lowest BCUT2D eigenvalue weighted by Crippen LogP contribution is -2.27. The first kappa shape index (κ1) is 28.9. The Labute approximate surface area is 253 Å². The van der Waals surface area contributed by atoms with E-state index in [1.54, 1.807) is 24.8 Å². The summed E-state index contributed by atoms with van der Waals surface area (Å²) >= 11 is 0. The summed E-state index contributed by atoms with van der Waals surface area (Å²) < 4.78 is 20.5. The SMILES string of the molecule is CN(C)CCOc1cc(F)cc(-c2ccnc3[nH]c(-c4[nH]nc5ncc(-c6cncc(NC(=O)C(C)(C)C)c6)cc45)cc23)c1. The molecule has 10 nitrogen and oxygen atoms in total. The first-order valence-corrected chi connectivity index (χ1v) is 14.2. The molecule has 1 amide bonds. The maximum atomic E-state index is 14.7. The summed E-state index contributed by atoms with van der Waals surface area (Å²) in [6, 6.07) is 12.4. The summed E-state index contributed by atoms with van der Waals surface area (Å²) in [6.07, 6.45) is 6.77. The Morgan fingerprint density at radius 1 is 0.977 bits per heavy atom. The molecule has 0 unspecified atom stereocenters. The van der Waals surface area contributed by atoms with Gasteiger partial charge in [-0.1, -0.05) is 20.8 Å². The quantitative estimate of drug-likeness (QED) is 0.190. The van der Waals surface area contributed by atoms with Crippen molar-refractivity contribution in [1.82, 2.24) is 35.0 Å². The molecule has 224 valence electrons. The lowest BCUT2D eigenvalue weighted by atomic mass is 9.95. The van der Waals surface area contributed by atoms with Crippen molar-refractivity contribution in [3.63, 3.8) is 0 Å². The second-order valence-electron chi connectivity index (χ2n) is 12.0. The van der Waals surface area contributed by atoms with Crippen molar-refractivity contribution in [2.45, 2.75) is 20.8 Å². The predicted octanol–water partition coefficient (Wildman–Crippen LogP) is 6.29. The largest absolute Gasteiger partial charge is 0.492 e. The number of benzene rings is 1. The van der Waals surface area contributed by atoms with E-state index < -0.39 is 5.41 Å². The standard InChI is InChI=1S/C33H33FN8O2/c1-33(2,3)32(43)38-23-11-20(16-35-18-23)21-13-27-29(40-41-31(27)37-17-21)28-15-26-25(6-7-36-30(26)39-28)19-10-22(34)14-24(12-19)44-9-8-42(4)5/h6-7,10-18H,8-9H2,1-5H3,(H,36,39)(H,38,43)(H,37,40,41). The van der Waals surface area contributed by atoms with Gasteiger partial charge in [-0.05, 0) is 61.6 Å². The molecule has 5 aromatic heterocycles. The van der Waals surface area contributed by atoms with Gasteiger partial charge in [-0.25, -0.2) is 14.4 Å². The van der Waals surface area contributed by atoms with Crippen LogP contribution in [0.4, 0.5) is 10.1 Å². The lowest BCUT2D eigenvalue weighted by molar-refractivity contribution is -0.123. The first-order valence-electron chi connectivity index (χ1n) is 14.2. The van der Waals surface area contributed by atoms with E-state index in [1.807, 2.05) is 70.1 Å². The summed E-state index contributed by atoms with van der Waals surface area (Å²) in [5.41, 5.74) is 5.87. The molecule has 0 bridgehead atoms. The Morgan fingerprint density at radius 2 is 1.80 bits per heavy atom. The molecule has 0 aliphatic rings. The number of hydrogen-bond acceptors (Lipinski definition) is 7. The number of nitrogens with one attached hydrogen (secondary N) is 3. The number of aromatic amines is 2. The van der Waals surface area contributed by atoms with Crippen LogP contribution in [0.5, 0.6) is 5.75 Å². The van der Waals surface area contributed by atoms with Crippen molar-refractivity contribution in [3.05, 3.63) is 73.1 Å². The second kappa shape index (κ2) is 11.5. The van der Waals surface area contributed by atoms with Gasteiger partial charge in [-0.2, -0.15) is 5.10 Å². The number of ether oxygens (including phenoxy) is 1. The van der Waals surface area contributed by atoms with Gasteiger partial charge in [0, 0.05) is 58.5 Å². The number of H-pyrrole nitrogens is 2. The Morgan fingerprint density at radius 3 is 2.59 bits per heavy atom. The number of rotatable bonds is 8. The zero-order chi connectivity index (χ0) is 31.0. The molecule has 0 spiro atoms. The van der Waals surface area contributed by atoms with E-state index in [1.165, 1.54) is 12.1 Å². The van der Waals surface area contributed by atoms with E-state index >= 15 is 0 Å². The molecule has 1 aromatic carbocycles. The minimum atomic E-state index is -0.535. The third kappa shape index (κ3) is 6.00. The highest BCUT2D eigenvalue weighted by Crippen LogP contribution is 2.35. The molecule has 0 radical (unpaired) electrons. The van der Waals surface area contributed by atoms with Crippen LogP contribution in [-0.4, -0.2) is 68.2 Å². The number of halogens is 1. The molecule has 5 heterocycles. The minimum Gasteiger partial charge on any atom is -0.492 e. The number of carbonyl (C=O) groups excluding carboxylic acids is 1. The summed E-state index contributed by atoms with van der Waals surface area (Å²) in [6.45, 7) is 6.75. The molecular formula is C33H33FN8O2. The van der Waals surface area contributed by atoms with Crippen LogP contribution < -0.4 is 10.1 Å². The topological polar surface area (TPSA) is 125 Å². The molecule has 0 fully saturated rings. The fraction of sp³-hybridized carbons (Fsp3) is 0.242. The molecule has 0 saturated carbocycles. The van der Waals surface area contributed by atoms with Gasteiger partial charge in [0.15, 0.2) is 5.65 Å². The number of carbonyl (C=O) groups is 1. The molecule has 0 atom stereocenters. The van der Waals surface area contributed by atoms with Crippen LogP contribution in [0.2, 0.25) is 0 Å². The van der Waals surface area contributed by atoms with Gasteiger partial charge in [0.2, 0.25) is 5.91 Å². The number of hydrogen-bond donors (Lipinski definition) is 3. The molecule has 0 aliphatic carbocycles. The van der Waals surface area contributed by atoms with Crippen LogP contribution in [0.25, 0.3) is 55.7 Å². The maximum Gasteiger partial charge on any atom is 0.229 e. The molecule has 3 N–H and O–H groups in total. The Bertz CT molecular complexity index is 1990. The number of pyridine rings is 3. The summed E-state index contributed by atoms with van der Waals surface area (Å²) in [4.78, 5) is 31.3. The molecule has 0 saturated heterocycles. The summed E-state index contributed by atoms with van der Waals surface area (Å²) in [5, 5.41) is 12.1. The van der Waals surface area contributed by atoms with Gasteiger partial charge < -0.3 is 19.9 Å². The van der Waals surface area contributed by atoms with Crippen molar-refractivity contribution < 1.29 is 13.9 Å². The van der Waals surface area contributed by atoms with E-state index in [0.29, 0.717) is 34.9 Å². The van der Waals surface area contributed by atoms with Crippen LogP contribution >= 0.6 is 0 Å². The van der Waals surface area contributed by atoms with Crippen molar-refractivity contribution in [2.24, 2.45) is 5.41 Å². The summed E-state index contributed by atoms with van der Waals surface area (Å²) in [7, 11) is 3.92. The third-order valence-corrected chi connectivity index (χ3v) is 7.21. The third-order valence-electron chi connectivity index (χ3n) is 7.21.